The van der Waals surface area contributed by atoms with E-state index in [0.717, 1.165) is 37.1 Å². The van der Waals surface area contributed by atoms with Gasteiger partial charge in [-0.3, -0.25) is 4.79 Å². The molecule has 1 N–H and O–H groups in total. The van der Waals surface area contributed by atoms with Gasteiger partial charge in [0.05, 0.1) is 13.1 Å². The number of hydrogen-bond acceptors (Lipinski definition) is 2. The van der Waals surface area contributed by atoms with Crippen LogP contribution in [-0.2, 0) is 17.8 Å². The van der Waals surface area contributed by atoms with Gasteiger partial charge in [0.15, 0.2) is 5.78 Å². The SMILES string of the molecule is CCCCNc1cc(C)c(CC(=O)C(CC)[N+]2(Cc3ccccc3)CCCCC2)c(C)c1. The summed E-state index contributed by atoms with van der Waals surface area (Å²) in [5, 5.41) is 3.54. The Morgan fingerprint density at radius 1 is 1.00 bits per heavy atom. The molecule has 3 heteroatoms. The minimum atomic E-state index is 0.0802. The number of likely N-dealkylation sites (tertiary alicyclic amines) is 1. The first-order chi connectivity index (χ1) is 15.5. The molecular weight excluding hydrogens is 392 g/mol. The van der Waals surface area contributed by atoms with E-state index in [1.54, 1.807) is 0 Å². The molecule has 1 fully saturated rings. The van der Waals surface area contributed by atoms with Crippen LogP contribution in [0.5, 0.6) is 0 Å². The highest BCUT2D eigenvalue weighted by molar-refractivity contribution is 5.86. The molecule has 3 nitrogen and oxygen atoms in total. The smallest absolute Gasteiger partial charge is 0.194 e. The van der Waals surface area contributed by atoms with Crippen LogP contribution in [-0.4, -0.2) is 35.9 Å². The standard InChI is InChI=1S/C29H43N2O/c1-5-7-16-30-26-19-23(3)27(24(4)20-26)21-29(32)28(6-2)31(17-12-9-13-18-31)22-25-14-10-8-11-15-25/h8,10-11,14-15,19-20,28,30H,5-7,9,12-13,16-18,21-22H2,1-4H3/q+1. The lowest BCUT2D eigenvalue weighted by atomic mass is 9.90. The minimum absolute atomic E-state index is 0.0802. The molecular formula is C29H43N2O+. The number of quaternary nitrogens is 1. The number of nitrogens with zero attached hydrogens (tertiary/aromatic N) is 1. The molecule has 174 valence electrons. The van der Waals surface area contributed by atoms with Crippen molar-refractivity contribution in [1.82, 2.24) is 0 Å². The van der Waals surface area contributed by atoms with E-state index >= 15 is 0 Å². The Hall–Kier alpha value is -2.13. The second-order valence-electron chi connectivity index (χ2n) is 9.81. The van der Waals surface area contributed by atoms with E-state index in [2.05, 4.69) is 75.5 Å². The number of carbonyl (C=O) groups is 1. The van der Waals surface area contributed by atoms with Crippen molar-refractivity contribution in [2.45, 2.75) is 85.2 Å². The largest absolute Gasteiger partial charge is 0.385 e. The molecule has 0 aromatic heterocycles. The number of unbranched alkanes of at least 4 members (excludes halogenated alkanes) is 1. The Morgan fingerprint density at radius 2 is 1.66 bits per heavy atom. The molecule has 0 radical (unpaired) electrons. The number of piperidine rings is 1. The van der Waals surface area contributed by atoms with E-state index in [1.165, 1.54) is 60.0 Å². The summed E-state index contributed by atoms with van der Waals surface area (Å²) in [6.45, 7) is 13.0. The molecule has 2 aromatic carbocycles. The van der Waals surface area contributed by atoms with Gasteiger partial charge in [0.2, 0.25) is 0 Å². The molecule has 32 heavy (non-hydrogen) atoms. The van der Waals surface area contributed by atoms with Crippen molar-refractivity contribution >= 4 is 11.5 Å². The van der Waals surface area contributed by atoms with Crippen molar-refractivity contribution in [3.8, 4) is 0 Å². The molecule has 3 rings (SSSR count). The highest BCUT2D eigenvalue weighted by Gasteiger charge is 2.41. The number of hydrogen-bond donors (Lipinski definition) is 1. The molecule has 0 saturated carbocycles. The molecule has 0 amide bonds. The van der Waals surface area contributed by atoms with E-state index in [9.17, 15) is 4.79 Å². The third-order valence-corrected chi connectivity index (χ3v) is 7.37. The van der Waals surface area contributed by atoms with Gasteiger partial charge in [-0.15, -0.1) is 0 Å². The van der Waals surface area contributed by atoms with Gasteiger partial charge in [-0.2, -0.15) is 0 Å². The maximum absolute atomic E-state index is 13.8. The Labute approximate surface area is 195 Å². The van der Waals surface area contributed by atoms with Gasteiger partial charge in [0, 0.05) is 30.6 Å². The molecule has 1 aliphatic rings. The number of carbonyl (C=O) groups excluding carboxylic acids is 1. The maximum atomic E-state index is 13.8. The van der Waals surface area contributed by atoms with Crippen LogP contribution in [0, 0.1) is 13.8 Å². The van der Waals surface area contributed by atoms with Crippen molar-refractivity contribution in [3.63, 3.8) is 0 Å². The minimum Gasteiger partial charge on any atom is -0.385 e. The zero-order valence-corrected chi connectivity index (χ0v) is 20.8. The zero-order chi connectivity index (χ0) is 23.0. The predicted octanol–water partition coefficient (Wildman–Crippen LogP) is 6.61. The number of benzene rings is 2. The Bertz CT molecular complexity index is 845. The highest BCUT2D eigenvalue weighted by Crippen LogP contribution is 2.30. The molecule has 1 unspecified atom stereocenters. The van der Waals surface area contributed by atoms with Crippen molar-refractivity contribution in [1.29, 1.82) is 0 Å². The highest BCUT2D eigenvalue weighted by atomic mass is 16.1. The molecule has 0 aliphatic carbocycles. The van der Waals surface area contributed by atoms with Gasteiger partial charge in [0.1, 0.15) is 12.6 Å². The van der Waals surface area contributed by atoms with Crippen LogP contribution in [0.25, 0.3) is 0 Å². The third kappa shape index (κ3) is 6.01. The van der Waals surface area contributed by atoms with Crippen molar-refractivity contribution in [2.24, 2.45) is 0 Å². The van der Waals surface area contributed by atoms with Crippen LogP contribution in [0.3, 0.4) is 0 Å². The lowest BCUT2D eigenvalue weighted by molar-refractivity contribution is -0.959. The normalized spacial score (nSPS) is 16.5. The van der Waals surface area contributed by atoms with Gasteiger partial charge in [0.25, 0.3) is 0 Å². The number of anilines is 1. The average Bonchev–Trinajstić information content (AvgIpc) is 2.78. The van der Waals surface area contributed by atoms with E-state index in [4.69, 9.17) is 0 Å². The fourth-order valence-corrected chi connectivity index (χ4v) is 5.67. The van der Waals surface area contributed by atoms with E-state index in [-0.39, 0.29) is 6.04 Å². The number of nitrogens with one attached hydrogen (secondary N) is 1. The second-order valence-corrected chi connectivity index (χ2v) is 9.81. The summed E-state index contributed by atoms with van der Waals surface area (Å²) in [7, 11) is 0. The van der Waals surface area contributed by atoms with Crippen LogP contribution in [0.4, 0.5) is 5.69 Å². The third-order valence-electron chi connectivity index (χ3n) is 7.37. The molecule has 1 aliphatic heterocycles. The molecule has 1 saturated heterocycles. The van der Waals surface area contributed by atoms with Crippen LogP contribution in [0.1, 0.15) is 74.6 Å². The van der Waals surface area contributed by atoms with E-state index in [1.807, 2.05) is 0 Å². The molecule has 0 bridgehead atoms. The lowest BCUT2D eigenvalue weighted by Gasteiger charge is -2.46. The zero-order valence-electron chi connectivity index (χ0n) is 20.8. The van der Waals surface area contributed by atoms with Crippen molar-refractivity contribution in [2.75, 3.05) is 25.0 Å². The summed E-state index contributed by atoms with van der Waals surface area (Å²) in [4.78, 5) is 13.8. The fourth-order valence-electron chi connectivity index (χ4n) is 5.67. The fraction of sp³-hybridized carbons (Fsp3) is 0.552. The number of Topliss-reactive ketones (excluding diaryl/α,β-unsaturated/α-hetero) is 1. The van der Waals surface area contributed by atoms with Crippen LogP contribution in [0.2, 0.25) is 0 Å². The summed E-state index contributed by atoms with van der Waals surface area (Å²) in [5.74, 6) is 0.420. The maximum Gasteiger partial charge on any atom is 0.194 e. The average molecular weight is 436 g/mol. The predicted molar refractivity (Wildman–Crippen MR) is 136 cm³/mol. The first-order valence-electron chi connectivity index (χ1n) is 12.8. The van der Waals surface area contributed by atoms with Gasteiger partial charge < -0.3 is 9.80 Å². The monoisotopic (exact) mass is 435 g/mol. The number of rotatable bonds is 11. The summed E-state index contributed by atoms with van der Waals surface area (Å²) >= 11 is 0. The summed E-state index contributed by atoms with van der Waals surface area (Å²) in [6, 6.07) is 15.3. The first-order valence-corrected chi connectivity index (χ1v) is 12.8. The van der Waals surface area contributed by atoms with Gasteiger partial charge in [-0.1, -0.05) is 50.6 Å². The Kier molecular flexibility index (Phi) is 8.92. The lowest BCUT2D eigenvalue weighted by Crippen LogP contribution is -2.60. The van der Waals surface area contributed by atoms with E-state index < -0.39 is 0 Å². The van der Waals surface area contributed by atoms with Crippen molar-refractivity contribution < 1.29 is 9.28 Å². The summed E-state index contributed by atoms with van der Waals surface area (Å²) < 4.78 is 0.939. The number of aryl methyl sites for hydroxylation is 2. The molecule has 1 heterocycles. The number of ketones is 1. The Morgan fingerprint density at radius 3 is 2.25 bits per heavy atom. The summed E-state index contributed by atoms with van der Waals surface area (Å²) in [5.41, 5.74) is 6.24. The van der Waals surface area contributed by atoms with E-state index in [0.29, 0.717) is 12.2 Å². The summed E-state index contributed by atoms with van der Waals surface area (Å²) in [6.07, 6.45) is 7.60. The molecule has 2 aromatic rings. The van der Waals surface area contributed by atoms with Gasteiger partial charge >= 0.3 is 0 Å². The quantitative estimate of drug-likeness (QED) is 0.318. The van der Waals surface area contributed by atoms with Gasteiger partial charge in [-0.25, -0.2) is 0 Å². The molecule has 0 spiro atoms. The second kappa shape index (κ2) is 11.7. The molecule has 1 atom stereocenters. The van der Waals surface area contributed by atoms with Crippen LogP contribution < -0.4 is 5.32 Å². The topological polar surface area (TPSA) is 29.1 Å². The van der Waals surface area contributed by atoms with Crippen molar-refractivity contribution in [3.05, 3.63) is 64.7 Å². The first kappa shape index (κ1) is 24.5. The van der Waals surface area contributed by atoms with Crippen LogP contribution >= 0.6 is 0 Å². The van der Waals surface area contributed by atoms with Gasteiger partial charge in [-0.05, 0) is 68.4 Å². The van der Waals surface area contributed by atoms with Crippen LogP contribution in [0.15, 0.2) is 42.5 Å². The Balaban J connectivity index is 1.81.